The molecule has 0 radical (unpaired) electrons. The van der Waals surface area contributed by atoms with Crippen molar-refractivity contribution in [2.45, 2.75) is 6.54 Å². The van der Waals surface area contributed by atoms with Crippen molar-refractivity contribution in [1.29, 1.82) is 0 Å². The molecule has 1 aromatic heterocycles. The van der Waals surface area contributed by atoms with Gasteiger partial charge in [0.25, 0.3) is 0 Å². The molecule has 2 aliphatic rings. The highest BCUT2D eigenvalue weighted by molar-refractivity contribution is 5.30. The summed E-state index contributed by atoms with van der Waals surface area (Å²) in [5.74, 6) is 1.37. The normalized spacial score (nSPS) is 25.7. The molecular formula is C16H20FN5. The number of hydrogen-bond acceptors (Lipinski definition) is 4. The van der Waals surface area contributed by atoms with Crippen molar-refractivity contribution in [3.63, 3.8) is 0 Å². The minimum atomic E-state index is -0.238. The van der Waals surface area contributed by atoms with E-state index in [2.05, 4.69) is 27.2 Å². The molecule has 2 fully saturated rings. The van der Waals surface area contributed by atoms with Crippen LogP contribution in [-0.4, -0.2) is 58.0 Å². The minimum absolute atomic E-state index is 0.238. The van der Waals surface area contributed by atoms with E-state index in [1.807, 2.05) is 6.20 Å². The van der Waals surface area contributed by atoms with Gasteiger partial charge in [0.2, 0.25) is 0 Å². The van der Waals surface area contributed by atoms with Gasteiger partial charge in [-0.05, 0) is 43.1 Å². The third-order valence-electron chi connectivity index (χ3n) is 4.76. The predicted molar refractivity (Wildman–Crippen MR) is 81.1 cm³/mol. The van der Waals surface area contributed by atoms with E-state index in [-0.39, 0.29) is 5.82 Å². The molecule has 0 bridgehead atoms. The van der Waals surface area contributed by atoms with Crippen molar-refractivity contribution < 1.29 is 4.39 Å². The Hall–Kier alpha value is -1.79. The lowest BCUT2D eigenvalue weighted by molar-refractivity contribution is 0.269. The zero-order valence-corrected chi connectivity index (χ0v) is 12.7. The van der Waals surface area contributed by atoms with Crippen molar-refractivity contribution in [2.24, 2.45) is 11.8 Å². The molecule has 0 unspecified atom stereocenters. The number of halogens is 1. The molecule has 2 aromatic rings. The maximum Gasteiger partial charge on any atom is 0.123 e. The van der Waals surface area contributed by atoms with Gasteiger partial charge in [0.15, 0.2) is 0 Å². The molecule has 6 heteroatoms. The van der Waals surface area contributed by atoms with Crippen LogP contribution in [0.1, 0.15) is 5.69 Å². The van der Waals surface area contributed by atoms with Crippen LogP contribution in [0, 0.1) is 17.7 Å². The van der Waals surface area contributed by atoms with Crippen LogP contribution >= 0.6 is 0 Å². The highest BCUT2D eigenvalue weighted by Crippen LogP contribution is 2.30. The van der Waals surface area contributed by atoms with Crippen LogP contribution in [0.5, 0.6) is 0 Å². The fourth-order valence-electron chi connectivity index (χ4n) is 3.77. The van der Waals surface area contributed by atoms with Gasteiger partial charge >= 0.3 is 0 Å². The molecule has 2 aliphatic heterocycles. The summed E-state index contributed by atoms with van der Waals surface area (Å²) >= 11 is 0. The van der Waals surface area contributed by atoms with Crippen LogP contribution in [0.15, 0.2) is 30.5 Å². The Bertz CT molecular complexity index is 639. The number of likely N-dealkylation sites (tertiary alicyclic amines) is 2. The first-order chi connectivity index (χ1) is 10.7. The average Bonchev–Trinajstić information content (AvgIpc) is 3.15. The number of nitrogens with zero attached hydrogens (tertiary/aromatic N) is 5. The lowest BCUT2D eigenvalue weighted by Crippen LogP contribution is -2.26. The fourth-order valence-corrected chi connectivity index (χ4v) is 3.77. The van der Waals surface area contributed by atoms with Crippen molar-refractivity contribution in [1.82, 2.24) is 24.8 Å². The minimum Gasteiger partial charge on any atom is -0.306 e. The van der Waals surface area contributed by atoms with E-state index in [1.165, 1.54) is 25.2 Å². The van der Waals surface area contributed by atoms with Gasteiger partial charge in [0, 0.05) is 32.7 Å². The van der Waals surface area contributed by atoms with E-state index < -0.39 is 0 Å². The van der Waals surface area contributed by atoms with E-state index >= 15 is 0 Å². The highest BCUT2D eigenvalue weighted by atomic mass is 19.1. The van der Waals surface area contributed by atoms with Gasteiger partial charge in [-0.1, -0.05) is 5.21 Å². The number of hydrogen-bond donors (Lipinski definition) is 0. The first-order valence-electron chi connectivity index (χ1n) is 7.75. The van der Waals surface area contributed by atoms with Crippen LogP contribution in [-0.2, 0) is 6.54 Å². The summed E-state index contributed by atoms with van der Waals surface area (Å²) in [5, 5.41) is 8.41. The van der Waals surface area contributed by atoms with E-state index in [0.717, 1.165) is 42.9 Å². The summed E-state index contributed by atoms with van der Waals surface area (Å²) in [6.45, 7) is 5.57. The molecular weight excluding hydrogens is 281 g/mol. The van der Waals surface area contributed by atoms with Crippen molar-refractivity contribution in [3.05, 3.63) is 42.0 Å². The molecule has 2 atom stereocenters. The smallest absolute Gasteiger partial charge is 0.123 e. The van der Waals surface area contributed by atoms with Crippen LogP contribution < -0.4 is 0 Å². The molecule has 1 aromatic carbocycles. The van der Waals surface area contributed by atoms with E-state index in [9.17, 15) is 4.39 Å². The first-order valence-corrected chi connectivity index (χ1v) is 7.75. The summed E-state index contributed by atoms with van der Waals surface area (Å²) in [7, 11) is 2.21. The van der Waals surface area contributed by atoms with Crippen LogP contribution in [0.25, 0.3) is 5.69 Å². The molecule has 0 spiro atoms. The average molecular weight is 301 g/mol. The largest absolute Gasteiger partial charge is 0.306 e. The molecule has 0 N–H and O–H groups in total. The molecule has 2 saturated heterocycles. The quantitative estimate of drug-likeness (QED) is 0.859. The van der Waals surface area contributed by atoms with Gasteiger partial charge in [-0.25, -0.2) is 9.07 Å². The molecule has 0 saturated carbocycles. The highest BCUT2D eigenvalue weighted by Gasteiger charge is 2.38. The standard InChI is InChI=1S/C16H20FN5/c1-20-6-12-8-21(9-13(12)7-20)10-15-11-22(19-18-15)16-4-2-14(17)3-5-16/h2-5,11-13H,6-10H2,1H3/t12-,13+. The molecule has 116 valence electrons. The SMILES string of the molecule is CN1C[C@@H]2CN(Cc3cn(-c4ccc(F)cc4)nn3)C[C@@H]2C1. The van der Waals surface area contributed by atoms with E-state index in [1.54, 1.807) is 16.8 Å². The summed E-state index contributed by atoms with van der Waals surface area (Å²) in [6.07, 6.45) is 1.94. The monoisotopic (exact) mass is 301 g/mol. The molecule has 5 nitrogen and oxygen atoms in total. The van der Waals surface area contributed by atoms with Gasteiger partial charge in [-0.15, -0.1) is 5.10 Å². The van der Waals surface area contributed by atoms with E-state index in [0.29, 0.717) is 0 Å². The van der Waals surface area contributed by atoms with Gasteiger partial charge in [0.05, 0.1) is 17.6 Å². The fraction of sp³-hybridized carbons (Fsp3) is 0.500. The Balaban J connectivity index is 1.41. The maximum absolute atomic E-state index is 13.0. The molecule has 3 heterocycles. The third-order valence-corrected chi connectivity index (χ3v) is 4.76. The summed E-state index contributed by atoms with van der Waals surface area (Å²) in [5.41, 5.74) is 1.80. The first kappa shape index (κ1) is 13.8. The Morgan fingerprint density at radius 3 is 2.45 bits per heavy atom. The Morgan fingerprint density at radius 1 is 1.09 bits per heavy atom. The van der Waals surface area contributed by atoms with E-state index in [4.69, 9.17) is 0 Å². The topological polar surface area (TPSA) is 37.2 Å². The van der Waals surface area contributed by atoms with Crippen molar-refractivity contribution >= 4 is 0 Å². The summed E-state index contributed by atoms with van der Waals surface area (Å²) in [4.78, 5) is 4.90. The van der Waals surface area contributed by atoms with Gasteiger partial charge in [0.1, 0.15) is 5.82 Å². The number of fused-ring (bicyclic) bond motifs is 1. The summed E-state index contributed by atoms with van der Waals surface area (Å²) in [6, 6.07) is 6.30. The lowest BCUT2D eigenvalue weighted by Gasteiger charge is -2.17. The van der Waals surface area contributed by atoms with Gasteiger partial charge in [-0.2, -0.15) is 0 Å². The van der Waals surface area contributed by atoms with Gasteiger partial charge in [-0.3, -0.25) is 4.90 Å². The third kappa shape index (κ3) is 2.64. The zero-order valence-electron chi connectivity index (χ0n) is 12.7. The number of aromatic nitrogens is 3. The Kier molecular flexibility index (Phi) is 3.43. The number of benzene rings is 1. The second-order valence-electron chi connectivity index (χ2n) is 6.57. The molecule has 4 rings (SSSR count). The molecule has 0 amide bonds. The van der Waals surface area contributed by atoms with Crippen LogP contribution in [0.4, 0.5) is 4.39 Å². The Morgan fingerprint density at radius 2 is 1.77 bits per heavy atom. The van der Waals surface area contributed by atoms with Crippen LogP contribution in [0.3, 0.4) is 0 Å². The predicted octanol–water partition coefficient (Wildman–Crippen LogP) is 1.40. The van der Waals surface area contributed by atoms with Crippen molar-refractivity contribution in [3.8, 4) is 5.69 Å². The van der Waals surface area contributed by atoms with Crippen LogP contribution in [0.2, 0.25) is 0 Å². The number of rotatable bonds is 3. The molecule has 22 heavy (non-hydrogen) atoms. The zero-order chi connectivity index (χ0) is 15.1. The second kappa shape index (κ2) is 5.44. The second-order valence-corrected chi connectivity index (χ2v) is 6.57. The lowest BCUT2D eigenvalue weighted by atomic mass is 10.0. The van der Waals surface area contributed by atoms with Crippen molar-refractivity contribution in [2.75, 3.05) is 33.2 Å². The maximum atomic E-state index is 13.0. The Labute approximate surface area is 129 Å². The van der Waals surface area contributed by atoms with Gasteiger partial charge < -0.3 is 4.90 Å². The molecule has 0 aliphatic carbocycles. The summed E-state index contributed by atoms with van der Waals surface area (Å²) < 4.78 is 14.7.